The van der Waals surface area contributed by atoms with Gasteiger partial charge in [-0.25, -0.2) is 0 Å². The fraction of sp³-hybridized carbons (Fsp3) is 0.235. The summed E-state index contributed by atoms with van der Waals surface area (Å²) in [5, 5.41) is 3.43. The van der Waals surface area contributed by atoms with Gasteiger partial charge < -0.3 is 14.8 Å². The van der Waals surface area contributed by atoms with Gasteiger partial charge in [-0.05, 0) is 43.7 Å². The third-order valence-corrected chi connectivity index (χ3v) is 3.68. The van der Waals surface area contributed by atoms with Crippen LogP contribution in [0.25, 0.3) is 0 Å². The van der Waals surface area contributed by atoms with Gasteiger partial charge in [0.1, 0.15) is 0 Å². The summed E-state index contributed by atoms with van der Waals surface area (Å²) >= 11 is 6.05. The molecule has 0 spiro atoms. The van der Waals surface area contributed by atoms with E-state index in [0.717, 1.165) is 5.56 Å². The molecule has 0 saturated heterocycles. The quantitative estimate of drug-likeness (QED) is 0.904. The Morgan fingerprint density at radius 3 is 2.50 bits per heavy atom. The average Bonchev–Trinajstić information content (AvgIpc) is 2.52. The van der Waals surface area contributed by atoms with Crippen LogP contribution in [-0.4, -0.2) is 19.1 Å². The van der Waals surface area contributed by atoms with E-state index in [1.54, 1.807) is 44.4 Å². The van der Waals surface area contributed by atoms with Crippen LogP contribution in [0.1, 0.15) is 12.5 Å². The van der Waals surface area contributed by atoms with Crippen LogP contribution in [0.5, 0.6) is 11.5 Å². The first-order valence-electron chi connectivity index (χ1n) is 6.88. The predicted octanol–water partition coefficient (Wildman–Crippen LogP) is 4.06. The van der Waals surface area contributed by atoms with Gasteiger partial charge >= 0.3 is 0 Å². The van der Waals surface area contributed by atoms with Gasteiger partial charge in [0, 0.05) is 10.7 Å². The molecule has 22 heavy (non-hydrogen) atoms. The maximum absolute atomic E-state index is 12.3. The number of anilines is 1. The van der Waals surface area contributed by atoms with E-state index in [1.165, 1.54) is 0 Å². The standard InChI is InChI=1S/C17H18ClNO3/c1-11-13(18)7-6-8-14(11)19-17(20)12(2)22-16-10-5-4-9-15(16)21-3/h4-10,12H,1-3H3,(H,19,20). The van der Waals surface area contributed by atoms with Gasteiger partial charge in [0.05, 0.1) is 7.11 Å². The molecular formula is C17H18ClNO3. The molecule has 0 aromatic heterocycles. The summed E-state index contributed by atoms with van der Waals surface area (Å²) in [4.78, 5) is 12.3. The highest BCUT2D eigenvalue weighted by atomic mass is 35.5. The molecule has 116 valence electrons. The Kier molecular flexibility index (Phi) is 5.28. The molecule has 0 heterocycles. The molecule has 0 radical (unpaired) electrons. The zero-order valence-electron chi connectivity index (χ0n) is 12.7. The van der Waals surface area contributed by atoms with Gasteiger partial charge in [0.15, 0.2) is 17.6 Å². The van der Waals surface area contributed by atoms with E-state index in [2.05, 4.69) is 5.32 Å². The third kappa shape index (κ3) is 3.71. The summed E-state index contributed by atoms with van der Waals surface area (Å²) in [6, 6.07) is 12.6. The number of carbonyl (C=O) groups is 1. The summed E-state index contributed by atoms with van der Waals surface area (Å²) < 4.78 is 10.9. The van der Waals surface area contributed by atoms with E-state index in [4.69, 9.17) is 21.1 Å². The Labute approximate surface area is 135 Å². The Morgan fingerprint density at radius 1 is 1.14 bits per heavy atom. The monoisotopic (exact) mass is 319 g/mol. The SMILES string of the molecule is COc1ccccc1OC(C)C(=O)Nc1cccc(Cl)c1C. The van der Waals surface area contributed by atoms with Crippen LogP contribution < -0.4 is 14.8 Å². The molecule has 5 heteroatoms. The smallest absolute Gasteiger partial charge is 0.265 e. The normalized spacial score (nSPS) is 11.6. The van der Waals surface area contributed by atoms with Crippen molar-refractivity contribution in [1.29, 1.82) is 0 Å². The first kappa shape index (κ1) is 16.2. The van der Waals surface area contributed by atoms with Crippen molar-refractivity contribution in [2.75, 3.05) is 12.4 Å². The number of methoxy groups -OCH3 is 1. The molecule has 0 aliphatic rings. The van der Waals surface area contributed by atoms with E-state index in [9.17, 15) is 4.79 Å². The maximum Gasteiger partial charge on any atom is 0.265 e. The van der Waals surface area contributed by atoms with Crippen molar-refractivity contribution in [1.82, 2.24) is 0 Å². The summed E-state index contributed by atoms with van der Waals surface area (Å²) in [6.45, 7) is 3.53. The molecule has 2 aromatic rings. The van der Waals surface area contributed by atoms with Crippen molar-refractivity contribution >= 4 is 23.2 Å². The summed E-state index contributed by atoms with van der Waals surface area (Å²) in [6.07, 6.45) is -0.672. The minimum Gasteiger partial charge on any atom is -0.493 e. The van der Waals surface area contributed by atoms with Gasteiger partial charge in [-0.1, -0.05) is 29.8 Å². The molecule has 1 unspecified atom stereocenters. The van der Waals surface area contributed by atoms with E-state index >= 15 is 0 Å². The number of benzene rings is 2. The number of hydrogen-bond donors (Lipinski definition) is 1. The largest absolute Gasteiger partial charge is 0.493 e. The molecule has 0 aliphatic carbocycles. The molecule has 1 amide bonds. The van der Waals surface area contributed by atoms with Crippen LogP contribution in [0, 0.1) is 6.92 Å². The molecule has 4 nitrogen and oxygen atoms in total. The van der Waals surface area contributed by atoms with Gasteiger partial charge in [-0.3, -0.25) is 4.79 Å². The second-order valence-corrected chi connectivity index (χ2v) is 5.22. The van der Waals surface area contributed by atoms with Crippen LogP contribution in [0.4, 0.5) is 5.69 Å². The van der Waals surface area contributed by atoms with Crippen molar-refractivity contribution in [3.05, 3.63) is 53.1 Å². The third-order valence-electron chi connectivity index (χ3n) is 3.27. The van der Waals surface area contributed by atoms with Crippen LogP contribution in [-0.2, 0) is 4.79 Å². The summed E-state index contributed by atoms with van der Waals surface area (Å²) in [5.41, 5.74) is 1.50. The highest BCUT2D eigenvalue weighted by Gasteiger charge is 2.17. The van der Waals surface area contributed by atoms with E-state index < -0.39 is 6.10 Å². The number of para-hydroxylation sites is 2. The van der Waals surface area contributed by atoms with Crippen LogP contribution in [0.3, 0.4) is 0 Å². The second kappa shape index (κ2) is 7.18. The number of hydrogen-bond acceptors (Lipinski definition) is 3. The molecule has 1 N–H and O–H groups in total. The minimum atomic E-state index is -0.672. The number of nitrogens with one attached hydrogen (secondary N) is 1. The molecule has 0 bridgehead atoms. The van der Waals surface area contributed by atoms with Crippen LogP contribution in [0.2, 0.25) is 5.02 Å². The summed E-state index contributed by atoms with van der Waals surface area (Å²) in [5.74, 6) is 0.854. The van der Waals surface area contributed by atoms with E-state index in [1.807, 2.05) is 19.1 Å². The Balaban J connectivity index is 2.08. The number of carbonyl (C=O) groups excluding carboxylic acids is 1. The van der Waals surface area contributed by atoms with Gasteiger partial charge in [-0.2, -0.15) is 0 Å². The van der Waals surface area contributed by atoms with Gasteiger partial charge in [0.2, 0.25) is 0 Å². The topological polar surface area (TPSA) is 47.6 Å². The molecule has 2 aromatic carbocycles. The van der Waals surface area contributed by atoms with Crippen LogP contribution in [0.15, 0.2) is 42.5 Å². The zero-order chi connectivity index (χ0) is 16.1. The lowest BCUT2D eigenvalue weighted by Crippen LogP contribution is -2.30. The van der Waals surface area contributed by atoms with Crippen molar-refractivity contribution in [2.24, 2.45) is 0 Å². The fourth-order valence-corrected chi connectivity index (χ4v) is 2.11. The Hall–Kier alpha value is -2.20. The van der Waals surface area contributed by atoms with Gasteiger partial charge in [-0.15, -0.1) is 0 Å². The second-order valence-electron chi connectivity index (χ2n) is 4.81. The predicted molar refractivity (Wildman–Crippen MR) is 87.9 cm³/mol. The maximum atomic E-state index is 12.3. The lowest BCUT2D eigenvalue weighted by molar-refractivity contribution is -0.122. The van der Waals surface area contributed by atoms with Crippen molar-refractivity contribution < 1.29 is 14.3 Å². The lowest BCUT2D eigenvalue weighted by atomic mass is 10.2. The highest BCUT2D eigenvalue weighted by Crippen LogP contribution is 2.27. The number of ether oxygens (including phenoxy) is 2. The highest BCUT2D eigenvalue weighted by molar-refractivity contribution is 6.31. The number of rotatable bonds is 5. The first-order chi connectivity index (χ1) is 10.5. The Bertz CT molecular complexity index is 673. The fourth-order valence-electron chi connectivity index (χ4n) is 1.94. The van der Waals surface area contributed by atoms with E-state index in [0.29, 0.717) is 22.2 Å². The van der Waals surface area contributed by atoms with Crippen molar-refractivity contribution in [2.45, 2.75) is 20.0 Å². The zero-order valence-corrected chi connectivity index (χ0v) is 13.5. The van der Waals surface area contributed by atoms with Crippen LogP contribution >= 0.6 is 11.6 Å². The Morgan fingerprint density at radius 2 is 1.82 bits per heavy atom. The lowest BCUT2D eigenvalue weighted by Gasteiger charge is -2.17. The molecular weight excluding hydrogens is 302 g/mol. The average molecular weight is 320 g/mol. The minimum absolute atomic E-state index is 0.253. The van der Waals surface area contributed by atoms with E-state index in [-0.39, 0.29) is 5.91 Å². The first-order valence-corrected chi connectivity index (χ1v) is 7.26. The molecule has 0 saturated carbocycles. The number of halogens is 1. The number of amides is 1. The molecule has 1 atom stereocenters. The van der Waals surface area contributed by atoms with Gasteiger partial charge in [0.25, 0.3) is 5.91 Å². The molecule has 0 aliphatic heterocycles. The van der Waals surface area contributed by atoms with Crippen molar-refractivity contribution in [3.8, 4) is 11.5 Å². The molecule has 2 rings (SSSR count). The van der Waals surface area contributed by atoms with Crippen molar-refractivity contribution in [3.63, 3.8) is 0 Å². The summed E-state index contributed by atoms with van der Waals surface area (Å²) in [7, 11) is 1.56. The molecule has 0 fully saturated rings.